The second-order valence-corrected chi connectivity index (χ2v) is 9.74. The standard InChI is InChI=1S/C27H28N4O3/c1-29-25(32)13-17-4-7-24-22(11-17)20-6-3-16(12-23(20)27(34)31-24)9-19(14-28)30-26(33)21-10-15-2-5-18(21)8-15/h3-4,6-7,11-12,15,18-19,21H,2,5,8-10,13H2,1H3,(H,29,32)(H,30,33)(H,31,34)/t15-,18+,19?,21+/m1/s1. The quantitative estimate of drug-likeness (QED) is 0.495. The molecule has 3 N–H and O–H groups in total. The molecule has 3 aromatic rings. The number of pyridine rings is 1. The molecule has 34 heavy (non-hydrogen) atoms. The van der Waals surface area contributed by atoms with Crippen LogP contribution in [-0.4, -0.2) is 29.9 Å². The second kappa shape index (κ2) is 8.94. The van der Waals surface area contributed by atoms with E-state index in [2.05, 4.69) is 21.7 Å². The molecule has 2 saturated carbocycles. The third-order valence-corrected chi connectivity index (χ3v) is 7.58. The molecule has 0 spiro atoms. The monoisotopic (exact) mass is 456 g/mol. The number of carbonyl (C=O) groups is 2. The van der Waals surface area contributed by atoms with Gasteiger partial charge in [0.05, 0.1) is 12.5 Å². The highest BCUT2D eigenvalue weighted by Gasteiger charge is 2.43. The van der Waals surface area contributed by atoms with Gasteiger partial charge in [-0.25, -0.2) is 0 Å². The number of benzene rings is 2. The average molecular weight is 457 g/mol. The van der Waals surface area contributed by atoms with Crippen LogP contribution >= 0.6 is 0 Å². The van der Waals surface area contributed by atoms with E-state index in [0.29, 0.717) is 29.2 Å². The maximum atomic E-state index is 12.8. The molecule has 2 aliphatic rings. The first-order chi connectivity index (χ1) is 16.4. The fraction of sp³-hybridized carbons (Fsp3) is 0.407. The minimum atomic E-state index is -0.636. The summed E-state index contributed by atoms with van der Waals surface area (Å²) in [7, 11) is 1.60. The number of aromatic amines is 1. The van der Waals surface area contributed by atoms with Gasteiger partial charge in [0.15, 0.2) is 0 Å². The Morgan fingerprint density at radius 1 is 1.09 bits per heavy atom. The number of amides is 2. The summed E-state index contributed by atoms with van der Waals surface area (Å²) >= 11 is 0. The summed E-state index contributed by atoms with van der Waals surface area (Å²) in [6, 6.07) is 12.8. The van der Waals surface area contributed by atoms with Crippen LogP contribution in [0.15, 0.2) is 41.2 Å². The zero-order valence-electron chi connectivity index (χ0n) is 19.2. The fourth-order valence-corrected chi connectivity index (χ4v) is 5.85. The van der Waals surface area contributed by atoms with E-state index in [1.165, 1.54) is 6.42 Å². The van der Waals surface area contributed by atoms with Crippen molar-refractivity contribution in [3.05, 3.63) is 57.9 Å². The van der Waals surface area contributed by atoms with Gasteiger partial charge in [-0.3, -0.25) is 14.4 Å². The minimum absolute atomic E-state index is 0.00738. The number of aromatic nitrogens is 1. The molecule has 1 heterocycles. The Bertz CT molecular complexity index is 1390. The van der Waals surface area contributed by atoms with Gasteiger partial charge in [-0.05, 0) is 65.8 Å². The van der Waals surface area contributed by atoms with Gasteiger partial charge in [-0.2, -0.15) is 5.26 Å². The predicted octanol–water partition coefficient (Wildman–Crippen LogP) is 2.96. The summed E-state index contributed by atoms with van der Waals surface area (Å²) in [6.45, 7) is 0. The van der Waals surface area contributed by atoms with Gasteiger partial charge in [0, 0.05) is 35.7 Å². The summed E-state index contributed by atoms with van der Waals surface area (Å²) in [6.07, 6.45) is 5.02. The van der Waals surface area contributed by atoms with Gasteiger partial charge in [-0.1, -0.05) is 24.6 Å². The minimum Gasteiger partial charge on any atom is -0.359 e. The Kier molecular flexibility index (Phi) is 5.82. The Labute approximate surface area is 197 Å². The molecule has 1 unspecified atom stereocenters. The Morgan fingerprint density at radius 3 is 2.59 bits per heavy atom. The molecule has 2 amide bonds. The zero-order valence-corrected chi connectivity index (χ0v) is 19.2. The van der Waals surface area contributed by atoms with Crippen LogP contribution in [0, 0.1) is 29.1 Å². The lowest BCUT2D eigenvalue weighted by molar-refractivity contribution is -0.127. The normalized spacial score (nSPS) is 21.9. The molecular formula is C27H28N4O3. The Hall–Kier alpha value is -3.66. The van der Waals surface area contributed by atoms with Crippen molar-refractivity contribution < 1.29 is 9.59 Å². The van der Waals surface area contributed by atoms with Crippen molar-refractivity contribution >= 4 is 33.5 Å². The predicted molar refractivity (Wildman–Crippen MR) is 130 cm³/mol. The number of fused-ring (bicyclic) bond motifs is 5. The number of hydrogen-bond acceptors (Lipinski definition) is 4. The average Bonchev–Trinajstić information content (AvgIpc) is 3.48. The van der Waals surface area contributed by atoms with E-state index in [4.69, 9.17) is 0 Å². The molecule has 4 atom stereocenters. The number of H-pyrrole nitrogens is 1. The van der Waals surface area contributed by atoms with E-state index in [1.54, 1.807) is 13.1 Å². The van der Waals surface area contributed by atoms with Gasteiger partial charge in [0.1, 0.15) is 6.04 Å². The third-order valence-electron chi connectivity index (χ3n) is 7.58. The van der Waals surface area contributed by atoms with Crippen LogP contribution in [0.5, 0.6) is 0 Å². The molecule has 2 fully saturated rings. The lowest BCUT2D eigenvalue weighted by atomic mass is 9.88. The first kappa shape index (κ1) is 22.1. The van der Waals surface area contributed by atoms with Crippen LogP contribution in [0.4, 0.5) is 0 Å². The van der Waals surface area contributed by atoms with Crippen molar-refractivity contribution in [2.24, 2.45) is 17.8 Å². The van der Waals surface area contributed by atoms with Crippen molar-refractivity contribution in [3.8, 4) is 6.07 Å². The number of carbonyl (C=O) groups excluding carboxylic acids is 2. The van der Waals surface area contributed by atoms with Gasteiger partial charge < -0.3 is 15.6 Å². The van der Waals surface area contributed by atoms with Crippen LogP contribution in [-0.2, 0) is 22.4 Å². The van der Waals surface area contributed by atoms with Crippen molar-refractivity contribution in [2.45, 2.75) is 44.6 Å². The molecule has 0 saturated heterocycles. The second-order valence-electron chi connectivity index (χ2n) is 9.74. The van der Waals surface area contributed by atoms with Crippen molar-refractivity contribution in [1.82, 2.24) is 15.6 Å². The highest BCUT2D eigenvalue weighted by Crippen LogP contribution is 2.48. The highest BCUT2D eigenvalue weighted by atomic mass is 16.2. The topological polar surface area (TPSA) is 115 Å². The summed E-state index contributed by atoms with van der Waals surface area (Å²) in [5, 5.41) is 17.4. The number of likely N-dealkylation sites (N-methyl/N-ethyl adjacent to an activating group) is 1. The molecule has 0 aliphatic heterocycles. The van der Waals surface area contributed by atoms with E-state index in [1.807, 2.05) is 30.3 Å². The smallest absolute Gasteiger partial charge is 0.256 e. The molecule has 2 bridgehead atoms. The van der Waals surface area contributed by atoms with Crippen LogP contribution in [0.25, 0.3) is 21.7 Å². The van der Waals surface area contributed by atoms with Crippen molar-refractivity contribution in [3.63, 3.8) is 0 Å². The Morgan fingerprint density at radius 2 is 1.88 bits per heavy atom. The van der Waals surface area contributed by atoms with Crippen molar-refractivity contribution in [1.29, 1.82) is 5.26 Å². The van der Waals surface area contributed by atoms with Crippen molar-refractivity contribution in [2.75, 3.05) is 7.05 Å². The van der Waals surface area contributed by atoms with E-state index < -0.39 is 6.04 Å². The number of rotatable bonds is 6. The van der Waals surface area contributed by atoms with Gasteiger partial charge in [-0.15, -0.1) is 0 Å². The molecule has 0 radical (unpaired) electrons. The van der Waals surface area contributed by atoms with Crippen LogP contribution in [0.2, 0.25) is 0 Å². The fourth-order valence-electron chi connectivity index (χ4n) is 5.85. The van der Waals surface area contributed by atoms with Gasteiger partial charge >= 0.3 is 0 Å². The summed E-state index contributed by atoms with van der Waals surface area (Å²) < 4.78 is 0. The number of nitriles is 1. The van der Waals surface area contributed by atoms with Gasteiger partial charge in [0.25, 0.3) is 5.56 Å². The van der Waals surface area contributed by atoms with Crippen LogP contribution in [0.1, 0.15) is 36.8 Å². The first-order valence-electron chi connectivity index (χ1n) is 11.9. The summed E-state index contributed by atoms with van der Waals surface area (Å²) in [4.78, 5) is 40.3. The molecule has 7 heteroatoms. The van der Waals surface area contributed by atoms with E-state index in [9.17, 15) is 19.6 Å². The SMILES string of the molecule is CNC(=O)Cc1ccc2[nH]c(=O)c3cc(CC(C#N)NC(=O)[C@H]4C[C@@H]5CC[C@H]4C5)ccc3c2c1. The largest absolute Gasteiger partial charge is 0.359 e. The summed E-state index contributed by atoms with van der Waals surface area (Å²) in [5.41, 5.74) is 2.18. The van der Waals surface area contributed by atoms with E-state index in [0.717, 1.165) is 41.2 Å². The van der Waals surface area contributed by atoms with E-state index >= 15 is 0 Å². The van der Waals surface area contributed by atoms with Gasteiger partial charge in [0.2, 0.25) is 11.8 Å². The number of nitrogens with one attached hydrogen (secondary N) is 3. The molecule has 174 valence electrons. The van der Waals surface area contributed by atoms with Crippen LogP contribution < -0.4 is 16.2 Å². The molecule has 5 rings (SSSR count). The van der Waals surface area contributed by atoms with E-state index in [-0.39, 0.29) is 29.7 Å². The molecule has 1 aromatic heterocycles. The maximum Gasteiger partial charge on any atom is 0.256 e. The molecule has 2 aromatic carbocycles. The number of hydrogen-bond donors (Lipinski definition) is 3. The lowest BCUT2D eigenvalue weighted by Gasteiger charge is -2.22. The Balaban J connectivity index is 1.39. The lowest BCUT2D eigenvalue weighted by Crippen LogP contribution is -2.41. The van der Waals surface area contributed by atoms with Crippen LogP contribution in [0.3, 0.4) is 0 Å². The molecule has 7 nitrogen and oxygen atoms in total. The number of nitrogens with zero attached hydrogens (tertiary/aromatic N) is 1. The highest BCUT2D eigenvalue weighted by molar-refractivity contribution is 6.05. The molecular weight excluding hydrogens is 428 g/mol. The summed E-state index contributed by atoms with van der Waals surface area (Å²) in [5.74, 6) is 1.08. The first-order valence-corrected chi connectivity index (χ1v) is 11.9. The zero-order chi connectivity index (χ0) is 23.8. The maximum absolute atomic E-state index is 12.8. The third kappa shape index (κ3) is 4.16. The molecule has 2 aliphatic carbocycles.